The molecule has 8 heteroatoms. The third-order valence-corrected chi connectivity index (χ3v) is 3.14. The van der Waals surface area contributed by atoms with Crippen LogP contribution in [-0.4, -0.2) is 28.0 Å². The molecular weight excluding hydrogens is 358 g/mol. The van der Waals surface area contributed by atoms with E-state index in [0.29, 0.717) is 8.95 Å². The normalized spacial score (nSPS) is 13.9. The molecule has 0 radical (unpaired) electrons. The maximum atomic E-state index is 9.81. The van der Waals surface area contributed by atoms with E-state index in [9.17, 15) is 15.3 Å². The summed E-state index contributed by atoms with van der Waals surface area (Å²) in [5.41, 5.74) is 8.26. The summed E-state index contributed by atoms with van der Waals surface area (Å²) in [5, 5.41) is 32.2. The summed E-state index contributed by atoms with van der Waals surface area (Å²) < 4.78 is 1.02. The minimum absolute atomic E-state index is 0.145. The van der Waals surface area contributed by atoms with Crippen LogP contribution in [-0.2, 0) is 0 Å². The van der Waals surface area contributed by atoms with Gasteiger partial charge < -0.3 is 15.3 Å². The van der Waals surface area contributed by atoms with Crippen LogP contribution in [0.2, 0.25) is 0 Å². The molecule has 0 bridgehead atoms. The van der Waals surface area contributed by atoms with Crippen molar-refractivity contribution in [3.05, 3.63) is 37.1 Å². The highest BCUT2D eigenvalue weighted by Gasteiger charge is 2.22. The van der Waals surface area contributed by atoms with Crippen LogP contribution in [0.25, 0.3) is 10.4 Å². The molecule has 92 valence electrons. The Morgan fingerprint density at radius 3 is 2.59 bits per heavy atom. The summed E-state index contributed by atoms with van der Waals surface area (Å²) in [4.78, 5) is 2.48. The average molecular weight is 367 g/mol. The number of hydrogen-bond acceptors (Lipinski definition) is 4. The number of nitrogens with zero attached hydrogens (tertiary/aromatic N) is 3. The monoisotopic (exact) mass is 365 g/mol. The zero-order valence-corrected chi connectivity index (χ0v) is 11.6. The van der Waals surface area contributed by atoms with E-state index in [4.69, 9.17) is 5.53 Å². The highest BCUT2D eigenvalue weighted by molar-refractivity contribution is 9.11. The van der Waals surface area contributed by atoms with Crippen LogP contribution in [0.1, 0.15) is 11.7 Å². The minimum Gasteiger partial charge on any atom is -0.506 e. The van der Waals surface area contributed by atoms with Gasteiger partial charge in [-0.2, -0.15) is 0 Å². The van der Waals surface area contributed by atoms with Gasteiger partial charge in [-0.1, -0.05) is 21.0 Å². The van der Waals surface area contributed by atoms with Gasteiger partial charge in [-0.05, 0) is 33.6 Å². The Kier molecular flexibility index (Phi) is 5.23. The van der Waals surface area contributed by atoms with Crippen molar-refractivity contribution in [1.82, 2.24) is 0 Å². The fourth-order valence-corrected chi connectivity index (χ4v) is 2.50. The van der Waals surface area contributed by atoms with Gasteiger partial charge >= 0.3 is 0 Å². The lowest BCUT2D eigenvalue weighted by atomic mass is 10.0. The van der Waals surface area contributed by atoms with Crippen molar-refractivity contribution in [3.8, 4) is 5.75 Å². The summed E-state index contributed by atoms with van der Waals surface area (Å²) in [6, 6.07) is 3.08. The van der Waals surface area contributed by atoms with E-state index in [0.717, 1.165) is 0 Å². The van der Waals surface area contributed by atoms with Crippen LogP contribution >= 0.6 is 31.9 Å². The predicted octanol–water partition coefficient (Wildman–Crippen LogP) is 2.62. The highest BCUT2D eigenvalue weighted by Crippen LogP contribution is 2.36. The van der Waals surface area contributed by atoms with Gasteiger partial charge in [0.1, 0.15) is 11.9 Å². The van der Waals surface area contributed by atoms with Crippen LogP contribution in [0.15, 0.2) is 26.2 Å². The molecule has 2 atom stereocenters. The van der Waals surface area contributed by atoms with Crippen molar-refractivity contribution in [2.45, 2.75) is 12.2 Å². The SMILES string of the molecule is [N-]=[N+]=NCC(O)C(O)c1cc(Br)cc(Br)c1O. The molecule has 0 saturated heterocycles. The molecule has 0 aliphatic carbocycles. The van der Waals surface area contributed by atoms with Gasteiger partial charge in [0.2, 0.25) is 0 Å². The number of aromatic hydroxyl groups is 1. The maximum absolute atomic E-state index is 9.81. The first-order chi connectivity index (χ1) is 7.97. The van der Waals surface area contributed by atoms with Crippen molar-refractivity contribution in [3.63, 3.8) is 0 Å². The van der Waals surface area contributed by atoms with Crippen LogP contribution in [0.3, 0.4) is 0 Å². The molecule has 1 aromatic carbocycles. The molecule has 0 spiro atoms. The van der Waals surface area contributed by atoms with E-state index in [1.54, 1.807) is 6.07 Å². The molecule has 0 heterocycles. The standard InChI is InChI=1S/C9H9Br2N3O3/c10-4-1-5(8(16)6(11)2-4)9(17)7(15)3-13-14-12/h1-2,7,9,15-17H,3H2. The second-order valence-electron chi connectivity index (χ2n) is 3.25. The Labute approximate surface area is 114 Å². The molecule has 17 heavy (non-hydrogen) atoms. The van der Waals surface area contributed by atoms with Crippen molar-refractivity contribution < 1.29 is 15.3 Å². The van der Waals surface area contributed by atoms with Gasteiger partial charge in [0.15, 0.2) is 0 Å². The van der Waals surface area contributed by atoms with E-state index in [-0.39, 0.29) is 17.9 Å². The van der Waals surface area contributed by atoms with Crippen molar-refractivity contribution in [2.75, 3.05) is 6.54 Å². The molecule has 0 saturated carbocycles. The lowest BCUT2D eigenvalue weighted by Gasteiger charge is -2.18. The number of aliphatic hydroxyl groups is 2. The Bertz CT molecular complexity index is 463. The number of phenolic OH excluding ortho intramolecular Hbond substituents is 1. The molecule has 1 rings (SSSR count). The van der Waals surface area contributed by atoms with E-state index in [1.807, 2.05) is 0 Å². The van der Waals surface area contributed by atoms with Gasteiger partial charge in [-0.3, -0.25) is 0 Å². The van der Waals surface area contributed by atoms with E-state index in [1.165, 1.54) is 6.07 Å². The van der Waals surface area contributed by atoms with E-state index < -0.39 is 12.2 Å². The van der Waals surface area contributed by atoms with Crippen LogP contribution < -0.4 is 0 Å². The first-order valence-corrected chi connectivity index (χ1v) is 6.11. The maximum Gasteiger partial charge on any atom is 0.135 e. The topological polar surface area (TPSA) is 109 Å². The van der Waals surface area contributed by atoms with E-state index >= 15 is 0 Å². The average Bonchev–Trinajstić information content (AvgIpc) is 2.29. The fraction of sp³-hybridized carbons (Fsp3) is 0.333. The van der Waals surface area contributed by atoms with Crippen molar-refractivity contribution in [1.29, 1.82) is 0 Å². The van der Waals surface area contributed by atoms with E-state index in [2.05, 4.69) is 41.9 Å². The van der Waals surface area contributed by atoms with Crippen molar-refractivity contribution in [2.24, 2.45) is 5.11 Å². The molecule has 0 fully saturated rings. The Morgan fingerprint density at radius 1 is 1.35 bits per heavy atom. The third kappa shape index (κ3) is 3.58. The zero-order chi connectivity index (χ0) is 13.0. The molecule has 3 N–H and O–H groups in total. The Morgan fingerprint density at radius 2 is 2.00 bits per heavy atom. The summed E-state index contributed by atoms with van der Waals surface area (Å²) in [5.74, 6) is -0.166. The molecule has 1 aromatic rings. The smallest absolute Gasteiger partial charge is 0.135 e. The number of azide groups is 1. The Balaban J connectivity index is 3.02. The summed E-state index contributed by atoms with van der Waals surface area (Å²) in [7, 11) is 0. The van der Waals surface area contributed by atoms with Crippen LogP contribution in [0.4, 0.5) is 0 Å². The lowest BCUT2D eigenvalue weighted by Crippen LogP contribution is -2.21. The predicted molar refractivity (Wildman–Crippen MR) is 68.5 cm³/mol. The summed E-state index contributed by atoms with van der Waals surface area (Å²) in [6.07, 6.45) is -2.62. The lowest BCUT2D eigenvalue weighted by molar-refractivity contribution is 0.0229. The van der Waals surface area contributed by atoms with Gasteiger partial charge in [0.25, 0.3) is 0 Å². The molecule has 2 unspecified atom stereocenters. The van der Waals surface area contributed by atoms with Gasteiger partial charge in [0.05, 0.1) is 17.1 Å². The first kappa shape index (κ1) is 14.3. The number of phenols is 1. The third-order valence-electron chi connectivity index (χ3n) is 2.07. The summed E-state index contributed by atoms with van der Waals surface area (Å²) in [6.45, 7) is -0.277. The number of rotatable bonds is 4. The second-order valence-corrected chi connectivity index (χ2v) is 5.02. The summed E-state index contributed by atoms with van der Waals surface area (Å²) >= 11 is 6.31. The largest absolute Gasteiger partial charge is 0.506 e. The first-order valence-electron chi connectivity index (χ1n) is 4.52. The molecule has 0 amide bonds. The number of hydrogen-bond donors (Lipinski definition) is 3. The zero-order valence-electron chi connectivity index (χ0n) is 8.46. The quantitative estimate of drug-likeness (QED) is 0.432. The number of halogens is 2. The number of aliphatic hydroxyl groups excluding tert-OH is 2. The second kappa shape index (κ2) is 6.23. The fourth-order valence-electron chi connectivity index (χ4n) is 1.24. The molecule has 0 aromatic heterocycles. The number of benzene rings is 1. The van der Waals surface area contributed by atoms with Crippen LogP contribution in [0, 0.1) is 0 Å². The minimum atomic E-state index is -1.34. The van der Waals surface area contributed by atoms with Gasteiger partial charge in [0, 0.05) is 14.9 Å². The van der Waals surface area contributed by atoms with Gasteiger partial charge in [-0.25, -0.2) is 0 Å². The van der Waals surface area contributed by atoms with Crippen LogP contribution in [0.5, 0.6) is 5.75 Å². The van der Waals surface area contributed by atoms with Gasteiger partial charge in [-0.15, -0.1) is 0 Å². The molecule has 0 aliphatic heterocycles. The Hall–Kier alpha value is -0.790. The molecule has 6 nitrogen and oxygen atoms in total. The van der Waals surface area contributed by atoms with Crippen molar-refractivity contribution >= 4 is 31.9 Å². The highest BCUT2D eigenvalue weighted by atomic mass is 79.9. The molecule has 0 aliphatic rings. The molecular formula is C9H9Br2N3O3.